The molecule has 0 radical (unpaired) electrons. The molecule has 2 aromatic heterocycles. The number of pyridine rings is 1. The Morgan fingerprint density at radius 2 is 0.976 bits per heavy atom. The Hall–Kier alpha value is -5.61. The van der Waals surface area contributed by atoms with Crippen molar-refractivity contribution < 1.29 is 0 Å². The fourth-order valence-corrected chi connectivity index (χ4v) is 6.34. The lowest BCUT2D eigenvalue weighted by atomic mass is 10.1. The van der Waals surface area contributed by atoms with E-state index in [1.165, 1.54) is 0 Å². The highest BCUT2D eigenvalue weighted by Crippen LogP contribution is 2.29. The second-order valence-electron chi connectivity index (χ2n) is 10.7. The van der Waals surface area contributed by atoms with Crippen LogP contribution in [0.25, 0.3) is 60.6 Å². The molecule has 6 bridgehead atoms. The van der Waals surface area contributed by atoms with Crippen molar-refractivity contribution in [3.05, 3.63) is 162 Å². The molecule has 2 heterocycles. The molecule has 0 unspecified atom stereocenters. The maximum Gasteiger partial charge on any atom is 0.263 e. The summed E-state index contributed by atoms with van der Waals surface area (Å²) in [5, 5.41) is 2.70. The van der Waals surface area contributed by atoms with Crippen LogP contribution in [-0.4, -0.2) is 13.5 Å². The van der Waals surface area contributed by atoms with Crippen LogP contribution in [0.1, 0.15) is 5.56 Å². The Bertz CT molecular complexity index is 2430. The highest BCUT2D eigenvalue weighted by molar-refractivity contribution is 6.07. The molecule has 0 spiro atoms. The summed E-state index contributed by atoms with van der Waals surface area (Å²) in [6.07, 6.45) is 0. The third-order valence-corrected chi connectivity index (χ3v) is 8.26. The van der Waals surface area contributed by atoms with E-state index in [1.54, 1.807) is 0 Å². The van der Waals surface area contributed by atoms with E-state index in [4.69, 9.17) is 0 Å². The van der Waals surface area contributed by atoms with E-state index in [9.17, 15) is 4.79 Å². The summed E-state index contributed by atoms with van der Waals surface area (Å²) >= 11 is 0. The van der Waals surface area contributed by atoms with Crippen LogP contribution >= 0.6 is 0 Å². The average Bonchev–Trinajstić information content (AvgIpc) is 3.04. The lowest BCUT2D eigenvalue weighted by molar-refractivity contribution is 1.11. The Morgan fingerprint density at radius 1 is 0.429 bits per heavy atom. The summed E-state index contributed by atoms with van der Waals surface area (Å²) in [4.78, 5) is 14.3. The minimum Gasteiger partial charge on any atom is -0.310 e. The van der Waals surface area contributed by atoms with Crippen LogP contribution in [0.5, 0.6) is 0 Å². The number of nitrogens with zero attached hydrogens (tertiary/aromatic N) is 3. The van der Waals surface area contributed by atoms with Gasteiger partial charge < -0.3 is 9.13 Å². The Morgan fingerprint density at radius 3 is 1.64 bits per heavy atom. The van der Waals surface area contributed by atoms with Gasteiger partial charge in [-0.1, -0.05) is 72.8 Å². The molecule has 0 fully saturated rings. The van der Waals surface area contributed by atoms with Gasteiger partial charge in [-0.15, -0.1) is 0 Å². The second kappa shape index (κ2) is 9.50. The van der Waals surface area contributed by atoms with Gasteiger partial charge in [-0.2, -0.15) is 0 Å². The highest BCUT2D eigenvalue weighted by atomic mass is 16.1. The third-order valence-electron chi connectivity index (χ3n) is 8.26. The summed E-state index contributed by atoms with van der Waals surface area (Å²) in [6.45, 7) is 2.19. The molecule has 0 aliphatic carbocycles. The lowest BCUT2D eigenvalue weighted by Gasteiger charge is -2.18. The van der Waals surface area contributed by atoms with Gasteiger partial charge in [0.05, 0.1) is 22.1 Å². The van der Waals surface area contributed by atoms with Crippen molar-refractivity contribution >= 4 is 49.3 Å². The molecular weight excluding hydrogens is 514 g/mol. The van der Waals surface area contributed by atoms with Crippen molar-refractivity contribution in [1.29, 1.82) is 0 Å². The lowest BCUT2D eigenvalue weighted by Crippen LogP contribution is -2.14. The monoisotopic (exact) mass is 541 g/mol. The Labute approximate surface area is 242 Å². The van der Waals surface area contributed by atoms with Crippen LogP contribution in [0, 0.1) is 6.92 Å². The third kappa shape index (κ3) is 3.66. The second-order valence-corrected chi connectivity index (χ2v) is 10.7. The van der Waals surface area contributed by atoms with Crippen LogP contribution in [0.3, 0.4) is 0 Å². The van der Waals surface area contributed by atoms with Gasteiger partial charge in [0.15, 0.2) is 0 Å². The maximum atomic E-state index is 14.3. The van der Waals surface area contributed by atoms with Crippen molar-refractivity contribution in [2.45, 2.75) is 6.92 Å². The van der Waals surface area contributed by atoms with Gasteiger partial charge in [-0.25, -0.2) is 0 Å². The van der Waals surface area contributed by atoms with Crippen molar-refractivity contribution in [3.63, 3.8) is 0 Å². The number of rotatable bonds is 2. The Balaban J connectivity index is 1.74. The maximum absolute atomic E-state index is 14.3. The molecule has 4 heteroatoms. The molecule has 0 amide bonds. The van der Waals surface area contributed by atoms with Crippen molar-refractivity contribution in [3.8, 4) is 11.4 Å². The zero-order chi connectivity index (χ0) is 28.2. The zero-order valence-electron chi connectivity index (χ0n) is 23.1. The molecule has 6 aromatic carbocycles. The molecular formula is C38H27N3O. The van der Waals surface area contributed by atoms with E-state index in [1.807, 2.05) is 52.9 Å². The fourth-order valence-electron chi connectivity index (χ4n) is 6.34. The van der Waals surface area contributed by atoms with Crippen LogP contribution < -0.4 is 5.56 Å². The van der Waals surface area contributed by atoms with Crippen LogP contribution in [0.4, 0.5) is 0 Å². The number of fused-ring (bicyclic) bond motifs is 8. The molecule has 0 saturated carbocycles. The SMILES string of the molecule is Cc1c2cccc1n(-c1ccccc1)c1ccc3c4ccccc4c(=O)n(c4cccc(c4)n2-c2ccccc2)c3c1. The number of hydrogen-bond donors (Lipinski definition) is 0. The van der Waals surface area contributed by atoms with Gasteiger partial charge in [-0.3, -0.25) is 9.20 Å². The summed E-state index contributed by atoms with van der Waals surface area (Å²) in [6, 6.07) is 50.0. The predicted molar refractivity (Wildman–Crippen MR) is 175 cm³/mol. The zero-order valence-corrected chi connectivity index (χ0v) is 23.1. The smallest absolute Gasteiger partial charge is 0.263 e. The molecule has 0 saturated heterocycles. The number of aryl methyl sites for hydroxylation is 1. The van der Waals surface area contributed by atoms with Gasteiger partial charge in [0, 0.05) is 33.2 Å². The van der Waals surface area contributed by atoms with E-state index in [-0.39, 0.29) is 5.56 Å². The van der Waals surface area contributed by atoms with Crippen molar-refractivity contribution in [1.82, 2.24) is 13.5 Å². The molecule has 200 valence electrons. The summed E-state index contributed by atoms with van der Waals surface area (Å²) in [7, 11) is 0. The molecule has 0 N–H and O–H groups in total. The van der Waals surface area contributed by atoms with Gasteiger partial charge in [0.1, 0.15) is 0 Å². The van der Waals surface area contributed by atoms with Crippen LogP contribution in [0.15, 0.2) is 150 Å². The van der Waals surface area contributed by atoms with Crippen molar-refractivity contribution in [2.24, 2.45) is 0 Å². The summed E-state index contributed by atoms with van der Waals surface area (Å²) in [5.41, 5.74) is 9.03. The molecule has 8 aromatic rings. The molecule has 8 rings (SSSR count). The largest absolute Gasteiger partial charge is 0.310 e. The number of hydrogen-bond acceptors (Lipinski definition) is 1. The molecule has 4 nitrogen and oxygen atoms in total. The van der Waals surface area contributed by atoms with Crippen LogP contribution in [-0.2, 0) is 0 Å². The quantitative estimate of drug-likeness (QED) is 0.201. The van der Waals surface area contributed by atoms with E-state index in [2.05, 4.69) is 113 Å². The highest BCUT2D eigenvalue weighted by Gasteiger charge is 2.13. The topological polar surface area (TPSA) is 31.3 Å². The average molecular weight is 542 g/mol. The Kier molecular flexibility index (Phi) is 5.47. The van der Waals surface area contributed by atoms with Crippen LogP contribution in [0.2, 0.25) is 0 Å². The first-order valence-corrected chi connectivity index (χ1v) is 14.2. The first kappa shape index (κ1) is 24.2. The molecule has 42 heavy (non-hydrogen) atoms. The normalized spacial score (nSPS) is 11.5. The van der Waals surface area contributed by atoms with Gasteiger partial charge in [-0.05, 0) is 90.7 Å². The van der Waals surface area contributed by atoms with E-state index in [0.29, 0.717) is 5.39 Å². The van der Waals surface area contributed by atoms with E-state index >= 15 is 0 Å². The van der Waals surface area contributed by atoms with Gasteiger partial charge >= 0.3 is 0 Å². The molecule has 0 aliphatic rings. The minimum atomic E-state index is -0.0308. The first-order chi connectivity index (χ1) is 20.7. The molecule has 0 aliphatic heterocycles. The summed E-state index contributed by atoms with van der Waals surface area (Å²) < 4.78 is 6.45. The number of para-hydroxylation sites is 2. The fraction of sp³-hybridized carbons (Fsp3) is 0.0263. The summed E-state index contributed by atoms with van der Waals surface area (Å²) in [5.74, 6) is 0. The standard InChI is InChI=1S/C38H27N3O/c1-26-35-20-11-21-36(26)40(28-14-6-3-7-15-28)31-22-23-33-32-18-8-9-19-34(32)38(42)41(37(33)25-31)30-17-10-16-29(24-30)39(35)27-12-4-2-5-13-27/h2-25H,1H3. The predicted octanol–water partition coefficient (Wildman–Crippen LogP) is 8.93. The first-order valence-electron chi connectivity index (χ1n) is 14.2. The van der Waals surface area contributed by atoms with E-state index < -0.39 is 0 Å². The number of benzene rings is 6. The molecule has 0 atom stereocenters. The van der Waals surface area contributed by atoms with Crippen molar-refractivity contribution in [2.75, 3.05) is 0 Å². The minimum absolute atomic E-state index is 0.0308. The van der Waals surface area contributed by atoms with Gasteiger partial charge in [0.2, 0.25) is 0 Å². The van der Waals surface area contributed by atoms with Gasteiger partial charge in [0.25, 0.3) is 5.56 Å². The van der Waals surface area contributed by atoms with E-state index in [0.717, 1.165) is 60.8 Å². The number of aromatic nitrogens is 3.